The van der Waals surface area contributed by atoms with E-state index in [4.69, 9.17) is 10.2 Å². The van der Waals surface area contributed by atoms with Crippen LogP contribution in [0, 0.1) is 5.92 Å². The van der Waals surface area contributed by atoms with E-state index in [1.54, 1.807) is 0 Å². The fourth-order valence-electron chi connectivity index (χ4n) is 3.52. The van der Waals surface area contributed by atoms with Gasteiger partial charge in [-0.05, 0) is 24.5 Å². The highest BCUT2D eigenvalue weighted by atomic mass is 16.4. The van der Waals surface area contributed by atoms with E-state index in [1.165, 1.54) is 6.26 Å². The summed E-state index contributed by atoms with van der Waals surface area (Å²) in [5.41, 5.74) is 7.97. The lowest BCUT2D eigenvalue weighted by Crippen LogP contribution is -2.43. The average Bonchev–Trinajstić information content (AvgIpc) is 3.45. The maximum absolute atomic E-state index is 10.2. The van der Waals surface area contributed by atoms with Crippen LogP contribution in [0.2, 0.25) is 0 Å². The van der Waals surface area contributed by atoms with Crippen molar-refractivity contribution in [1.29, 1.82) is 0 Å². The van der Waals surface area contributed by atoms with Crippen LogP contribution in [0.15, 0.2) is 41.3 Å². The van der Waals surface area contributed by atoms with Crippen LogP contribution >= 0.6 is 0 Å². The molecule has 32 heavy (non-hydrogen) atoms. The number of oxazole rings is 1. The van der Waals surface area contributed by atoms with Gasteiger partial charge in [-0.25, -0.2) is 0 Å². The number of nitrogens with one attached hydrogen (secondary N) is 2. The van der Waals surface area contributed by atoms with Crippen molar-refractivity contribution in [3.05, 3.63) is 48.1 Å². The number of nitrogens with zero attached hydrogens (tertiary/aromatic N) is 4. The predicted octanol–water partition coefficient (Wildman–Crippen LogP) is 2.02. The van der Waals surface area contributed by atoms with Crippen molar-refractivity contribution in [2.75, 3.05) is 45.0 Å². The zero-order valence-electron chi connectivity index (χ0n) is 19.2. The van der Waals surface area contributed by atoms with Crippen molar-refractivity contribution in [3.8, 4) is 0 Å². The Morgan fingerprint density at radius 1 is 1.38 bits per heavy atom. The highest BCUT2D eigenvalue weighted by Gasteiger charge is 2.12. The Hall–Kier alpha value is -2.46. The third-order valence-corrected chi connectivity index (χ3v) is 5.74. The molecule has 2 aromatic rings. The van der Waals surface area contributed by atoms with E-state index in [-0.39, 0.29) is 6.01 Å². The Kier molecular flexibility index (Phi) is 9.48. The summed E-state index contributed by atoms with van der Waals surface area (Å²) in [6.07, 6.45) is 13.0. The minimum absolute atomic E-state index is 0.0398. The lowest BCUT2D eigenvalue weighted by Gasteiger charge is -2.26. The summed E-state index contributed by atoms with van der Waals surface area (Å²) in [7, 11) is 0. The van der Waals surface area contributed by atoms with Crippen LogP contribution in [0.1, 0.15) is 44.2 Å². The summed E-state index contributed by atoms with van der Waals surface area (Å²) >= 11 is 0. The lowest BCUT2D eigenvalue weighted by atomic mass is 10.0. The number of nitrogens with two attached hydrogens (primary N) is 1. The van der Waals surface area contributed by atoms with Crippen LogP contribution in [0.4, 0.5) is 6.01 Å². The molecule has 0 aliphatic carbocycles. The highest BCUT2D eigenvalue weighted by molar-refractivity contribution is 5.73. The van der Waals surface area contributed by atoms with Crippen molar-refractivity contribution < 1.29 is 9.52 Å². The van der Waals surface area contributed by atoms with Gasteiger partial charge < -0.3 is 25.5 Å². The van der Waals surface area contributed by atoms with E-state index < -0.39 is 6.23 Å². The standard InChI is InChI=1S/C23H37N7O2/c1-3-18(2)5-6-19(7-8-26-22(31)21-17-32-23(24)28-21)20-15-27-30(16-20)12-4-11-29-13-9-25-10-14-29/h5-7,15-18,22,25-26,31H,3-4,8-14H2,1-2H3,(H2,24,28)/b6-5-,19-7+. The number of nitrogen functional groups attached to an aromatic ring is 1. The molecule has 1 saturated heterocycles. The van der Waals surface area contributed by atoms with E-state index in [2.05, 4.69) is 57.8 Å². The molecule has 9 nitrogen and oxygen atoms in total. The topological polar surface area (TPSA) is 117 Å². The first kappa shape index (κ1) is 24.2. The molecule has 9 heteroatoms. The first-order chi connectivity index (χ1) is 15.5. The number of aromatic nitrogens is 3. The van der Waals surface area contributed by atoms with Crippen molar-refractivity contribution in [1.82, 2.24) is 30.3 Å². The van der Waals surface area contributed by atoms with Crippen molar-refractivity contribution >= 4 is 11.6 Å². The van der Waals surface area contributed by atoms with Crippen LogP contribution in [0.3, 0.4) is 0 Å². The summed E-state index contributed by atoms with van der Waals surface area (Å²) in [6, 6.07) is 0.0398. The van der Waals surface area contributed by atoms with E-state index in [0.29, 0.717) is 18.2 Å². The largest absolute Gasteiger partial charge is 0.432 e. The summed E-state index contributed by atoms with van der Waals surface area (Å²) < 4.78 is 6.97. The number of aliphatic hydroxyl groups excluding tert-OH is 1. The van der Waals surface area contributed by atoms with Crippen LogP contribution in [-0.4, -0.2) is 64.0 Å². The molecule has 0 saturated carbocycles. The Balaban J connectivity index is 1.58. The third-order valence-electron chi connectivity index (χ3n) is 5.74. The molecule has 2 aromatic heterocycles. The van der Waals surface area contributed by atoms with Crippen molar-refractivity contribution in [2.45, 2.75) is 39.5 Å². The van der Waals surface area contributed by atoms with Gasteiger partial charge in [0.25, 0.3) is 6.01 Å². The minimum atomic E-state index is -0.945. The first-order valence-corrected chi connectivity index (χ1v) is 11.5. The second kappa shape index (κ2) is 12.5. The summed E-state index contributed by atoms with van der Waals surface area (Å²) in [5, 5.41) is 21.2. The van der Waals surface area contributed by atoms with Crippen LogP contribution < -0.4 is 16.4 Å². The maximum atomic E-state index is 10.2. The number of anilines is 1. The maximum Gasteiger partial charge on any atom is 0.292 e. The fraction of sp³-hybridized carbons (Fsp3) is 0.565. The quantitative estimate of drug-likeness (QED) is 0.291. The molecule has 2 atom stereocenters. The molecule has 1 aliphatic heterocycles. The summed E-state index contributed by atoms with van der Waals surface area (Å²) in [4.78, 5) is 6.45. The number of allylic oxidation sites excluding steroid dienone is 3. The fourth-order valence-corrected chi connectivity index (χ4v) is 3.52. The predicted molar refractivity (Wildman–Crippen MR) is 127 cm³/mol. The molecule has 0 spiro atoms. The number of aliphatic hydroxyl groups is 1. The van der Waals surface area contributed by atoms with Gasteiger partial charge >= 0.3 is 0 Å². The number of rotatable bonds is 12. The molecule has 3 rings (SSSR count). The van der Waals surface area contributed by atoms with Crippen molar-refractivity contribution in [2.24, 2.45) is 5.92 Å². The summed E-state index contributed by atoms with van der Waals surface area (Å²) in [5.74, 6) is 0.490. The van der Waals surface area contributed by atoms with Crippen LogP contribution in [0.5, 0.6) is 0 Å². The van der Waals surface area contributed by atoms with Gasteiger partial charge in [-0.3, -0.25) is 10.00 Å². The molecule has 1 aliphatic rings. The smallest absolute Gasteiger partial charge is 0.292 e. The van der Waals surface area contributed by atoms with Gasteiger partial charge in [0.05, 0.1) is 6.20 Å². The number of hydrogen-bond acceptors (Lipinski definition) is 8. The van der Waals surface area contributed by atoms with Gasteiger partial charge in [-0.15, -0.1) is 0 Å². The molecular formula is C23H37N7O2. The van der Waals surface area contributed by atoms with Gasteiger partial charge in [0, 0.05) is 51.0 Å². The highest BCUT2D eigenvalue weighted by Crippen LogP contribution is 2.18. The zero-order valence-corrected chi connectivity index (χ0v) is 19.2. The Morgan fingerprint density at radius 3 is 2.91 bits per heavy atom. The van der Waals surface area contributed by atoms with Gasteiger partial charge in [0.15, 0.2) is 6.23 Å². The molecule has 0 aromatic carbocycles. The van der Waals surface area contributed by atoms with Gasteiger partial charge in [0.1, 0.15) is 12.0 Å². The Bertz CT molecular complexity index is 867. The number of aryl methyl sites for hydroxylation is 1. The van der Waals surface area contributed by atoms with Crippen molar-refractivity contribution in [3.63, 3.8) is 0 Å². The molecule has 3 heterocycles. The molecular weight excluding hydrogens is 406 g/mol. The van der Waals surface area contributed by atoms with E-state index in [1.807, 2.05) is 17.0 Å². The minimum Gasteiger partial charge on any atom is -0.432 e. The average molecular weight is 444 g/mol. The van der Waals surface area contributed by atoms with Crippen LogP contribution in [0.25, 0.3) is 5.57 Å². The molecule has 176 valence electrons. The number of hydrogen-bond donors (Lipinski definition) is 4. The zero-order chi connectivity index (χ0) is 22.8. The van der Waals surface area contributed by atoms with E-state index in [0.717, 1.165) is 63.2 Å². The normalized spacial score (nSPS) is 17.8. The molecule has 0 bridgehead atoms. The second-order valence-electron chi connectivity index (χ2n) is 8.26. The first-order valence-electron chi connectivity index (χ1n) is 11.5. The van der Waals surface area contributed by atoms with Gasteiger partial charge in [-0.1, -0.05) is 38.5 Å². The van der Waals surface area contributed by atoms with E-state index >= 15 is 0 Å². The lowest BCUT2D eigenvalue weighted by molar-refractivity contribution is 0.139. The Labute approximate surface area is 190 Å². The SMILES string of the molecule is CCC(C)/C=C\C(=C/CNC(O)c1coc(N)n1)c1cnn(CCCN2CCNCC2)c1. The molecule has 1 fully saturated rings. The molecule has 2 unspecified atom stereocenters. The molecule has 0 radical (unpaired) electrons. The number of piperazine rings is 1. The van der Waals surface area contributed by atoms with E-state index in [9.17, 15) is 5.11 Å². The molecule has 0 amide bonds. The monoisotopic (exact) mass is 443 g/mol. The van der Waals surface area contributed by atoms with Gasteiger partial charge in [0.2, 0.25) is 0 Å². The third kappa shape index (κ3) is 7.59. The van der Waals surface area contributed by atoms with Gasteiger partial charge in [-0.2, -0.15) is 10.1 Å². The molecule has 5 N–H and O–H groups in total. The second-order valence-corrected chi connectivity index (χ2v) is 8.26. The summed E-state index contributed by atoms with van der Waals surface area (Å²) in [6.45, 7) is 11.2. The Morgan fingerprint density at radius 2 is 2.19 bits per heavy atom. The van der Waals surface area contributed by atoms with Crippen LogP contribution in [-0.2, 0) is 6.54 Å².